The van der Waals surface area contributed by atoms with Gasteiger partial charge in [-0.25, -0.2) is 31.1 Å². The van der Waals surface area contributed by atoms with Gasteiger partial charge in [0.15, 0.2) is 0 Å². The van der Waals surface area contributed by atoms with Crippen molar-refractivity contribution in [3.63, 3.8) is 0 Å². The largest absolute Gasteiger partial charge is 0.382 e. The van der Waals surface area contributed by atoms with E-state index in [1.54, 1.807) is 36.4 Å². The van der Waals surface area contributed by atoms with E-state index < -0.39 is 36.9 Å². The molecular formula is C68H79F3N12O4S2. The normalized spacial score (nSPS) is 19.1. The highest BCUT2D eigenvalue weighted by Crippen LogP contribution is 2.40. The first-order chi connectivity index (χ1) is 42.2. The molecule has 6 aromatic rings. The zero-order valence-corrected chi connectivity index (χ0v) is 54.0. The van der Waals surface area contributed by atoms with Gasteiger partial charge in [-0.2, -0.15) is 10.5 Å². The molecule has 10 rings (SSSR count). The second-order valence-corrected chi connectivity index (χ2v) is 29.1. The summed E-state index contributed by atoms with van der Waals surface area (Å²) in [6.07, 6.45) is 5.39. The van der Waals surface area contributed by atoms with Crippen LogP contribution in [0.3, 0.4) is 0 Å². The Bertz CT molecular complexity index is 4130. The lowest BCUT2D eigenvalue weighted by Crippen LogP contribution is -2.54. The molecule has 0 radical (unpaired) electrons. The molecule has 4 aliphatic heterocycles. The lowest BCUT2D eigenvalue weighted by molar-refractivity contribution is 0.0664. The predicted octanol–water partition coefficient (Wildman–Crippen LogP) is 12.3. The van der Waals surface area contributed by atoms with Crippen molar-refractivity contribution in [3.05, 3.63) is 152 Å². The van der Waals surface area contributed by atoms with E-state index in [9.17, 15) is 37.3 Å². The molecule has 0 saturated carbocycles. The van der Waals surface area contributed by atoms with Crippen LogP contribution in [0.2, 0.25) is 0 Å². The Morgan fingerprint density at radius 3 is 1.47 bits per heavy atom. The maximum absolute atomic E-state index is 16.7. The third-order valence-electron chi connectivity index (χ3n) is 18.5. The van der Waals surface area contributed by atoms with Crippen molar-refractivity contribution in [2.45, 2.75) is 115 Å². The SMILES string of the molecule is Cc1cc(C)c(C(=O)N2CCN(c3cc(-c4ccc(C#N)c(N5CCC(Nc6c(C)cc(C)c(C(=O)N7CCN(c8cccc(F)c8[S@](C)(=N)=O)C[C@@H]7C)c6C)CC5)c4)cc(F)c3[S@@](C)(=N)=O)C[C@@H]2C)c(C)c1NC1CCN(c2ccc(F)cc2C#N)CC1. The van der Waals surface area contributed by atoms with E-state index in [0.717, 1.165) is 63.3 Å². The highest BCUT2D eigenvalue weighted by molar-refractivity contribution is 7.92. The molecule has 4 heterocycles. The molecule has 0 aromatic heterocycles. The van der Waals surface area contributed by atoms with Crippen molar-refractivity contribution in [3.8, 4) is 23.3 Å². The number of carbonyl (C=O) groups is 2. The number of nitrogens with zero attached hydrogens (tertiary/aromatic N) is 8. The average Bonchev–Trinajstić information content (AvgIpc) is 1.04. The smallest absolute Gasteiger partial charge is 0.254 e. The monoisotopic (exact) mass is 1250 g/mol. The summed E-state index contributed by atoms with van der Waals surface area (Å²) in [5.74, 6) is -2.14. The second kappa shape index (κ2) is 25.3. The van der Waals surface area contributed by atoms with Crippen LogP contribution in [-0.4, -0.2) is 132 Å². The van der Waals surface area contributed by atoms with Crippen molar-refractivity contribution in [1.82, 2.24) is 9.80 Å². The summed E-state index contributed by atoms with van der Waals surface area (Å²) in [6, 6.07) is 25.3. The van der Waals surface area contributed by atoms with Gasteiger partial charge in [-0.05, 0) is 180 Å². The van der Waals surface area contributed by atoms with Gasteiger partial charge in [-0.1, -0.05) is 24.3 Å². The third-order valence-corrected chi connectivity index (χ3v) is 20.8. The summed E-state index contributed by atoms with van der Waals surface area (Å²) in [6.45, 7) is 20.2. The number of hydrogen-bond acceptors (Lipinski definition) is 14. The minimum absolute atomic E-state index is 0.0321. The number of rotatable bonds is 13. The van der Waals surface area contributed by atoms with Crippen molar-refractivity contribution < 1.29 is 31.2 Å². The molecule has 468 valence electrons. The van der Waals surface area contributed by atoms with Gasteiger partial charge in [0.2, 0.25) is 0 Å². The number of aryl methyl sites for hydroxylation is 4. The van der Waals surface area contributed by atoms with Crippen LogP contribution in [0, 0.1) is 91.2 Å². The molecule has 0 aliphatic carbocycles. The Balaban J connectivity index is 0.816. The van der Waals surface area contributed by atoms with Crippen LogP contribution in [0.4, 0.5) is 47.3 Å². The predicted molar refractivity (Wildman–Crippen MR) is 349 cm³/mol. The fourth-order valence-electron chi connectivity index (χ4n) is 14.1. The summed E-state index contributed by atoms with van der Waals surface area (Å²) in [4.78, 5) is 40.8. The Kier molecular flexibility index (Phi) is 18.1. The quantitative estimate of drug-likeness (QED) is 0.0852. The number of piperazine rings is 2. The maximum atomic E-state index is 16.7. The number of carbonyl (C=O) groups excluding carboxylic acids is 2. The Labute approximate surface area is 522 Å². The van der Waals surface area contributed by atoms with E-state index in [2.05, 4.69) is 32.6 Å². The van der Waals surface area contributed by atoms with Crippen molar-refractivity contribution in [2.24, 2.45) is 0 Å². The number of anilines is 6. The van der Waals surface area contributed by atoms with E-state index >= 15 is 4.39 Å². The summed E-state index contributed by atoms with van der Waals surface area (Å²) in [5, 5.41) is 27.6. The molecule has 4 fully saturated rings. The zero-order chi connectivity index (χ0) is 64.1. The van der Waals surface area contributed by atoms with Gasteiger partial charge < -0.3 is 40.0 Å². The summed E-state index contributed by atoms with van der Waals surface area (Å²) in [5.41, 5.74) is 12.4. The van der Waals surface area contributed by atoms with Crippen LogP contribution in [0.1, 0.15) is 105 Å². The van der Waals surface area contributed by atoms with E-state index in [4.69, 9.17) is 9.56 Å². The minimum atomic E-state index is -3.59. The van der Waals surface area contributed by atoms with Crippen LogP contribution in [0.5, 0.6) is 0 Å². The summed E-state index contributed by atoms with van der Waals surface area (Å²) >= 11 is 0. The van der Waals surface area contributed by atoms with Gasteiger partial charge in [0.25, 0.3) is 11.8 Å². The number of amides is 2. The van der Waals surface area contributed by atoms with Gasteiger partial charge >= 0.3 is 0 Å². The molecule has 4 atom stereocenters. The molecule has 4 N–H and O–H groups in total. The van der Waals surface area contributed by atoms with Gasteiger partial charge in [0.1, 0.15) is 39.4 Å². The molecule has 89 heavy (non-hydrogen) atoms. The van der Waals surface area contributed by atoms with Crippen molar-refractivity contribution >= 4 is 65.4 Å². The molecule has 2 amide bonds. The fraction of sp³-hybridized carbons (Fsp3) is 0.412. The molecule has 4 saturated heterocycles. The standard InChI is InChI=1S/C68H79F3N12O4S2/c1-40-30-43(4)64(46(7)61(40)67(84)82-28-26-80(38-44(82)5)58-13-11-12-55(70)65(58)88(9,74)86)77-54-20-24-79(25-21-54)59-34-48(14-15-49(59)36-72)50-33-56(71)66(89(10,75)87)60(35-50)81-27-29-83(45(6)39-81)68(85)62-41(2)31-42(3)63(47(62)8)76-53-18-22-78(23-19-53)57-17-16-52(69)32-51(57)37-73/h11-17,30-35,44-45,53-54,74-77H,18-29,38-39H2,1-10H3/t44-,45-,88+,89-/m0/s1. The fourth-order valence-corrected chi connectivity index (χ4v) is 16.1. The molecule has 16 nitrogen and oxygen atoms in total. The Morgan fingerprint density at radius 2 is 0.989 bits per heavy atom. The van der Waals surface area contributed by atoms with E-state index in [0.29, 0.717) is 109 Å². The topological polar surface area (TPSA) is 207 Å². The molecular weight excluding hydrogens is 1170 g/mol. The first-order valence-corrected chi connectivity index (χ1v) is 34.3. The highest BCUT2D eigenvalue weighted by atomic mass is 32.2. The number of nitrogens with one attached hydrogen (secondary N) is 4. The Morgan fingerprint density at radius 1 is 0.517 bits per heavy atom. The van der Waals surface area contributed by atoms with Gasteiger partial charge in [0, 0.05) is 125 Å². The van der Waals surface area contributed by atoms with Gasteiger partial charge in [-0.3, -0.25) is 9.59 Å². The average molecular weight is 1250 g/mol. The van der Waals surface area contributed by atoms with E-state index in [1.807, 2.05) is 93.2 Å². The number of piperidine rings is 2. The van der Waals surface area contributed by atoms with Crippen LogP contribution in [-0.2, 0) is 19.5 Å². The first kappa shape index (κ1) is 63.7. The summed E-state index contributed by atoms with van der Waals surface area (Å²) < 4.78 is 89.1. The van der Waals surface area contributed by atoms with Crippen LogP contribution >= 0.6 is 0 Å². The molecule has 0 spiro atoms. The Hall–Kier alpha value is -8.27. The number of halogens is 3. The van der Waals surface area contributed by atoms with Crippen molar-refractivity contribution in [1.29, 1.82) is 20.1 Å². The highest BCUT2D eigenvalue weighted by Gasteiger charge is 2.36. The zero-order valence-electron chi connectivity index (χ0n) is 52.4. The lowest BCUT2D eigenvalue weighted by Gasteiger charge is -2.42. The molecule has 4 aliphatic rings. The van der Waals surface area contributed by atoms with E-state index in [-0.39, 0.29) is 65.4 Å². The van der Waals surface area contributed by atoms with E-state index in [1.165, 1.54) is 36.8 Å². The second-order valence-electron chi connectivity index (χ2n) is 24.9. The van der Waals surface area contributed by atoms with Crippen LogP contribution in [0.25, 0.3) is 11.1 Å². The third kappa shape index (κ3) is 12.8. The van der Waals surface area contributed by atoms with Crippen molar-refractivity contribution in [2.75, 3.05) is 108 Å². The van der Waals surface area contributed by atoms with Crippen LogP contribution < -0.4 is 30.2 Å². The molecule has 6 aromatic carbocycles. The van der Waals surface area contributed by atoms with Gasteiger partial charge in [0.05, 0.1) is 53.3 Å². The number of nitriles is 2. The van der Waals surface area contributed by atoms with Gasteiger partial charge in [-0.15, -0.1) is 0 Å². The summed E-state index contributed by atoms with van der Waals surface area (Å²) in [7, 11) is -6.96. The minimum Gasteiger partial charge on any atom is -0.382 e. The van der Waals surface area contributed by atoms with Crippen LogP contribution in [0.15, 0.2) is 88.7 Å². The number of benzene rings is 6. The maximum Gasteiger partial charge on any atom is 0.254 e. The molecule has 21 heteroatoms. The first-order valence-electron chi connectivity index (χ1n) is 30.4. The lowest BCUT2D eigenvalue weighted by atomic mass is 9.94. The molecule has 0 bridgehead atoms. The molecule has 0 unspecified atom stereocenters. The number of hydrogen-bond donors (Lipinski definition) is 4.